The van der Waals surface area contributed by atoms with Crippen LogP contribution in [0.3, 0.4) is 0 Å². The lowest BCUT2D eigenvalue weighted by Gasteiger charge is -2.26. The van der Waals surface area contributed by atoms with Crippen molar-refractivity contribution in [2.45, 2.75) is 64.2 Å². The van der Waals surface area contributed by atoms with Crippen molar-refractivity contribution < 1.29 is 22.5 Å². The number of aryl methyl sites for hydroxylation is 2. The standard InChI is InChI=1S/C16H20F3N5O2/c1-3-12-20-14(23-26-12)15(6-4-5-7-15)21-13(25)11-8-24(22-10(11)2)9-16(17,18)19/h8H,3-7,9H2,1-2H3,(H,21,25). The summed E-state index contributed by atoms with van der Waals surface area (Å²) in [6.07, 6.45) is 0.383. The molecule has 0 aliphatic heterocycles. The molecule has 1 aliphatic carbocycles. The van der Waals surface area contributed by atoms with Crippen LogP contribution in [-0.2, 0) is 18.5 Å². The van der Waals surface area contributed by atoms with Gasteiger partial charge in [-0.15, -0.1) is 0 Å². The average molecular weight is 371 g/mol. The number of alkyl halides is 3. The molecule has 142 valence electrons. The smallest absolute Gasteiger partial charge is 0.339 e. The summed E-state index contributed by atoms with van der Waals surface area (Å²) >= 11 is 0. The van der Waals surface area contributed by atoms with Crippen molar-refractivity contribution >= 4 is 5.91 Å². The second kappa shape index (κ2) is 6.73. The minimum Gasteiger partial charge on any atom is -0.339 e. The molecule has 0 atom stereocenters. The Balaban J connectivity index is 1.83. The predicted octanol–water partition coefficient (Wildman–Crippen LogP) is 2.90. The van der Waals surface area contributed by atoms with E-state index in [-0.39, 0.29) is 11.3 Å². The van der Waals surface area contributed by atoms with E-state index in [4.69, 9.17) is 4.52 Å². The van der Waals surface area contributed by atoms with Gasteiger partial charge in [0.25, 0.3) is 5.91 Å². The summed E-state index contributed by atoms with van der Waals surface area (Å²) < 4.78 is 43.5. The van der Waals surface area contributed by atoms with Gasteiger partial charge in [0.1, 0.15) is 12.1 Å². The molecular formula is C16H20F3N5O2. The van der Waals surface area contributed by atoms with Crippen LogP contribution in [0.4, 0.5) is 13.2 Å². The molecule has 1 amide bonds. The SMILES string of the molecule is CCc1nc(C2(NC(=O)c3cn(CC(F)(F)F)nc3C)CCCC2)no1. The summed E-state index contributed by atoms with van der Waals surface area (Å²) in [4.78, 5) is 17.1. The lowest BCUT2D eigenvalue weighted by atomic mass is 9.96. The van der Waals surface area contributed by atoms with Gasteiger partial charge >= 0.3 is 6.18 Å². The molecule has 2 heterocycles. The van der Waals surface area contributed by atoms with Crippen molar-refractivity contribution in [3.05, 3.63) is 29.2 Å². The Labute approximate surface area is 147 Å². The third-order valence-electron chi connectivity index (χ3n) is 4.54. The first-order valence-corrected chi connectivity index (χ1v) is 8.49. The van der Waals surface area contributed by atoms with Crippen LogP contribution in [-0.4, -0.2) is 32.0 Å². The minimum atomic E-state index is -4.40. The topological polar surface area (TPSA) is 85.8 Å². The van der Waals surface area contributed by atoms with Crippen LogP contribution in [0.25, 0.3) is 0 Å². The molecule has 10 heteroatoms. The number of hydrogen-bond donors (Lipinski definition) is 1. The minimum absolute atomic E-state index is 0.111. The van der Waals surface area contributed by atoms with E-state index < -0.39 is 24.2 Å². The summed E-state index contributed by atoms with van der Waals surface area (Å²) in [5, 5.41) is 10.7. The highest BCUT2D eigenvalue weighted by Crippen LogP contribution is 2.37. The fraction of sp³-hybridized carbons (Fsp3) is 0.625. The molecule has 1 N–H and O–H groups in total. The van der Waals surface area contributed by atoms with Gasteiger partial charge in [-0.2, -0.15) is 23.3 Å². The molecule has 3 rings (SSSR count). The number of nitrogens with one attached hydrogen (secondary N) is 1. The fourth-order valence-electron chi connectivity index (χ4n) is 3.27. The zero-order chi connectivity index (χ0) is 18.9. The largest absolute Gasteiger partial charge is 0.408 e. The van der Waals surface area contributed by atoms with E-state index >= 15 is 0 Å². The molecule has 0 aromatic carbocycles. The molecule has 1 fully saturated rings. The molecule has 2 aromatic heterocycles. The van der Waals surface area contributed by atoms with E-state index in [2.05, 4.69) is 20.6 Å². The normalized spacial score (nSPS) is 16.8. The average Bonchev–Trinajstić information content (AvgIpc) is 3.25. The van der Waals surface area contributed by atoms with Crippen LogP contribution >= 0.6 is 0 Å². The van der Waals surface area contributed by atoms with Crippen LogP contribution in [0.5, 0.6) is 0 Å². The molecular weight excluding hydrogens is 351 g/mol. The summed E-state index contributed by atoms with van der Waals surface area (Å²) in [6, 6.07) is 0. The van der Waals surface area contributed by atoms with Crippen LogP contribution in [0.2, 0.25) is 0 Å². The number of carbonyl (C=O) groups excluding carboxylic acids is 1. The first kappa shape index (κ1) is 18.4. The van der Waals surface area contributed by atoms with Gasteiger partial charge in [0.05, 0.1) is 11.3 Å². The molecule has 0 bridgehead atoms. The summed E-state index contributed by atoms with van der Waals surface area (Å²) in [6.45, 7) is 2.15. The van der Waals surface area contributed by atoms with Gasteiger partial charge in [-0.1, -0.05) is 24.9 Å². The van der Waals surface area contributed by atoms with Crippen molar-refractivity contribution in [2.24, 2.45) is 0 Å². The number of carbonyl (C=O) groups is 1. The molecule has 1 aliphatic rings. The van der Waals surface area contributed by atoms with Gasteiger partial charge in [-0.25, -0.2) is 0 Å². The van der Waals surface area contributed by atoms with Crippen molar-refractivity contribution in [1.82, 2.24) is 25.2 Å². The van der Waals surface area contributed by atoms with Gasteiger partial charge in [-0.05, 0) is 19.8 Å². The van der Waals surface area contributed by atoms with Gasteiger partial charge < -0.3 is 9.84 Å². The highest BCUT2D eigenvalue weighted by molar-refractivity contribution is 5.95. The second-order valence-corrected chi connectivity index (χ2v) is 6.55. The molecule has 0 radical (unpaired) electrons. The lowest BCUT2D eigenvalue weighted by molar-refractivity contribution is -0.142. The third-order valence-corrected chi connectivity index (χ3v) is 4.54. The molecule has 0 spiro atoms. The molecule has 1 saturated carbocycles. The highest BCUT2D eigenvalue weighted by atomic mass is 19.4. The Kier molecular flexibility index (Phi) is 4.76. The predicted molar refractivity (Wildman–Crippen MR) is 84.3 cm³/mol. The fourth-order valence-corrected chi connectivity index (χ4v) is 3.27. The Morgan fingerprint density at radius 3 is 2.65 bits per heavy atom. The number of halogens is 3. The molecule has 0 saturated heterocycles. The third kappa shape index (κ3) is 3.73. The van der Waals surface area contributed by atoms with E-state index in [0.29, 0.717) is 31.0 Å². The number of nitrogens with zero attached hydrogens (tertiary/aromatic N) is 4. The number of amides is 1. The Morgan fingerprint density at radius 2 is 2.08 bits per heavy atom. The van der Waals surface area contributed by atoms with E-state index in [0.717, 1.165) is 23.7 Å². The van der Waals surface area contributed by atoms with Gasteiger partial charge in [0.15, 0.2) is 5.82 Å². The van der Waals surface area contributed by atoms with E-state index in [9.17, 15) is 18.0 Å². The first-order valence-electron chi connectivity index (χ1n) is 8.49. The molecule has 26 heavy (non-hydrogen) atoms. The van der Waals surface area contributed by atoms with Crippen molar-refractivity contribution in [3.8, 4) is 0 Å². The Bertz CT molecular complexity index is 790. The lowest BCUT2D eigenvalue weighted by Crippen LogP contribution is -2.44. The molecule has 7 nitrogen and oxygen atoms in total. The number of hydrogen-bond acceptors (Lipinski definition) is 5. The molecule has 2 aromatic rings. The van der Waals surface area contributed by atoms with Gasteiger partial charge in [0, 0.05) is 12.6 Å². The van der Waals surface area contributed by atoms with Crippen molar-refractivity contribution in [1.29, 1.82) is 0 Å². The summed E-state index contributed by atoms with van der Waals surface area (Å²) in [7, 11) is 0. The second-order valence-electron chi connectivity index (χ2n) is 6.55. The van der Waals surface area contributed by atoms with Gasteiger partial charge in [0.2, 0.25) is 5.89 Å². The summed E-state index contributed by atoms with van der Waals surface area (Å²) in [5.74, 6) is 0.413. The maximum Gasteiger partial charge on any atom is 0.408 e. The van der Waals surface area contributed by atoms with Gasteiger partial charge in [-0.3, -0.25) is 9.48 Å². The zero-order valence-electron chi connectivity index (χ0n) is 14.6. The maximum atomic E-state index is 12.7. The summed E-state index contributed by atoms with van der Waals surface area (Å²) in [5.41, 5.74) is -0.408. The van der Waals surface area contributed by atoms with Crippen molar-refractivity contribution in [3.63, 3.8) is 0 Å². The maximum absolute atomic E-state index is 12.7. The van der Waals surface area contributed by atoms with Crippen molar-refractivity contribution in [2.75, 3.05) is 0 Å². The highest BCUT2D eigenvalue weighted by Gasteiger charge is 2.42. The first-order chi connectivity index (χ1) is 12.2. The number of aromatic nitrogens is 4. The quantitative estimate of drug-likeness (QED) is 0.873. The zero-order valence-corrected chi connectivity index (χ0v) is 14.6. The van der Waals surface area contributed by atoms with Crippen LogP contribution in [0, 0.1) is 6.92 Å². The monoisotopic (exact) mass is 371 g/mol. The van der Waals surface area contributed by atoms with E-state index in [1.54, 1.807) is 0 Å². The van der Waals surface area contributed by atoms with Crippen LogP contribution in [0.15, 0.2) is 10.7 Å². The number of rotatable bonds is 5. The van der Waals surface area contributed by atoms with Crippen LogP contribution < -0.4 is 5.32 Å². The van der Waals surface area contributed by atoms with Crippen LogP contribution in [0.1, 0.15) is 60.4 Å². The molecule has 0 unspecified atom stereocenters. The van der Waals surface area contributed by atoms with E-state index in [1.165, 1.54) is 6.92 Å². The Hall–Kier alpha value is -2.39. The Morgan fingerprint density at radius 1 is 1.38 bits per heavy atom. The van der Waals surface area contributed by atoms with E-state index in [1.807, 2.05) is 6.92 Å².